The van der Waals surface area contributed by atoms with Gasteiger partial charge >= 0.3 is 0 Å². The summed E-state index contributed by atoms with van der Waals surface area (Å²) >= 11 is 7.62. The van der Waals surface area contributed by atoms with Crippen molar-refractivity contribution in [3.63, 3.8) is 0 Å². The molecular weight excluding hydrogens is 192 g/mol. The maximum absolute atomic E-state index is 5.98. The Balaban J connectivity index is 3.16. The standard InChI is InChI=1S/C9H11ClOS/c1-6-4-9(12-3)7(10)5-8(6)11-2/h4-5H,1-3H3. The summed E-state index contributed by atoms with van der Waals surface area (Å²) in [5, 5.41) is 0.755. The Bertz CT molecular complexity index is 256. The van der Waals surface area contributed by atoms with E-state index in [1.54, 1.807) is 18.9 Å². The molecule has 1 rings (SSSR count). The first kappa shape index (κ1) is 9.75. The van der Waals surface area contributed by atoms with Gasteiger partial charge in [-0.05, 0) is 24.8 Å². The molecule has 0 N–H and O–H groups in total. The van der Waals surface area contributed by atoms with Gasteiger partial charge in [-0.1, -0.05) is 11.6 Å². The highest BCUT2D eigenvalue weighted by atomic mass is 35.5. The van der Waals surface area contributed by atoms with Gasteiger partial charge < -0.3 is 4.74 Å². The molecule has 0 aliphatic rings. The van der Waals surface area contributed by atoms with Gasteiger partial charge in [-0.2, -0.15) is 0 Å². The number of hydrogen-bond acceptors (Lipinski definition) is 2. The number of ether oxygens (including phenoxy) is 1. The molecule has 1 aromatic carbocycles. The summed E-state index contributed by atoms with van der Waals surface area (Å²) in [6.07, 6.45) is 2.01. The van der Waals surface area contributed by atoms with Crippen molar-refractivity contribution in [2.24, 2.45) is 0 Å². The molecule has 0 aliphatic carbocycles. The van der Waals surface area contributed by atoms with Crippen LogP contribution in [-0.2, 0) is 0 Å². The fraction of sp³-hybridized carbons (Fsp3) is 0.333. The van der Waals surface area contributed by atoms with Crippen molar-refractivity contribution in [2.45, 2.75) is 11.8 Å². The van der Waals surface area contributed by atoms with Gasteiger partial charge in [0.15, 0.2) is 0 Å². The van der Waals surface area contributed by atoms with Gasteiger partial charge in [0.05, 0.1) is 12.1 Å². The molecule has 0 bridgehead atoms. The molecule has 12 heavy (non-hydrogen) atoms. The van der Waals surface area contributed by atoms with Crippen molar-refractivity contribution in [1.82, 2.24) is 0 Å². The number of halogens is 1. The maximum Gasteiger partial charge on any atom is 0.123 e. The zero-order chi connectivity index (χ0) is 9.14. The highest BCUT2D eigenvalue weighted by molar-refractivity contribution is 7.98. The SMILES string of the molecule is COc1cc(Cl)c(SC)cc1C. The molecule has 0 saturated heterocycles. The Morgan fingerprint density at radius 1 is 1.42 bits per heavy atom. The molecule has 0 heterocycles. The summed E-state index contributed by atoms with van der Waals surface area (Å²) in [4.78, 5) is 1.09. The van der Waals surface area contributed by atoms with Crippen LogP contribution < -0.4 is 4.74 Å². The summed E-state index contributed by atoms with van der Waals surface area (Å²) in [5.41, 5.74) is 1.12. The molecule has 0 unspecified atom stereocenters. The largest absolute Gasteiger partial charge is 0.496 e. The van der Waals surface area contributed by atoms with Gasteiger partial charge in [0, 0.05) is 11.0 Å². The highest BCUT2D eigenvalue weighted by Crippen LogP contribution is 2.31. The van der Waals surface area contributed by atoms with Crippen LogP contribution in [0.5, 0.6) is 5.75 Å². The van der Waals surface area contributed by atoms with E-state index < -0.39 is 0 Å². The van der Waals surface area contributed by atoms with Crippen LogP contribution in [0.25, 0.3) is 0 Å². The first-order chi connectivity index (χ1) is 5.69. The van der Waals surface area contributed by atoms with Crippen molar-refractivity contribution in [3.05, 3.63) is 22.7 Å². The smallest absolute Gasteiger partial charge is 0.123 e. The first-order valence-electron chi connectivity index (χ1n) is 3.57. The molecule has 0 saturated carbocycles. The summed E-state index contributed by atoms with van der Waals surface area (Å²) in [5.74, 6) is 0.845. The Labute approximate surface area is 82.1 Å². The third-order valence-corrected chi connectivity index (χ3v) is 2.87. The summed E-state index contributed by atoms with van der Waals surface area (Å²) in [6, 6.07) is 3.88. The monoisotopic (exact) mass is 202 g/mol. The average molecular weight is 203 g/mol. The molecule has 66 valence electrons. The quantitative estimate of drug-likeness (QED) is 0.680. The summed E-state index contributed by atoms with van der Waals surface area (Å²) < 4.78 is 5.13. The molecule has 0 fully saturated rings. The minimum atomic E-state index is 0.755. The van der Waals surface area contributed by atoms with Crippen LogP contribution in [0.4, 0.5) is 0 Å². The molecule has 1 nitrogen and oxygen atoms in total. The predicted octanol–water partition coefficient (Wildman–Crippen LogP) is 3.38. The highest BCUT2D eigenvalue weighted by Gasteiger charge is 2.04. The lowest BCUT2D eigenvalue weighted by molar-refractivity contribution is 0.411. The van der Waals surface area contributed by atoms with Crippen molar-refractivity contribution in [1.29, 1.82) is 0 Å². The molecule has 0 radical (unpaired) electrons. The van der Waals surface area contributed by atoms with E-state index in [0.29, 0.717) is 0 Å². The van der Waals surface area contributed by atoms with Crippen molar-refractivity contribution >= 4 is 23.4 Å². The molecule has 3 heteroatoms. The number of hydrogen-bond donors (Lipinski definition) is 0. The number of methoxy groups -OCH3 is 1. The van der Waals surface area contributed by atoms with Crippen LogP contribution in [0.1, 0.15) is 5.56 Å². The van der Waals surface area contributed by atoms with Crippen LogP contribution >= 0.6 is 23.4 Å². The second kappa shape index (κ2) is 4.06. The second-order valence-corrected chi connectivity index (χ2v) is 3.71. The van der Waals surface area contributed by atoms with E-state index in [1.807, 2.05) is 25.3 Å². The third kappa shape index (κ3) is 1.87. The van der Waals surface area contributed by atoms with E-state index in [0.717, 1.165) is 21.2 Å². The fourth-order valence-corrected chi connectivity index (χ4v) is 1.95. The predicted molar refractivity (Wildman–Crippen MR) is 54.5 cm³/mol. The number of aryl methyl sites for hydroxylation is 1. The van der Waals surface area contributed by atoms with Crippen molar-refractivity contribution in [2.75, 3.05) is 13.4 Å². The van der Waals surface area contributed by atoms with Gasteiger partial charge in [0.25, 0.3) is 0 Å². The summed E-state index contributed by atoms with van der Waals surface area (Å²) in [7, 11) is 1.65. The summed E-state index contributed by atoms with van der Waals surface area (Å²) in [6.45, 7) is 2.01. The lowest BCUT2D eigenvalue weighted by Gasteiger charge is -2.07. The normalized spacial score (nSPS) is 10.0. The van der Waals surface area contributed by atoms with Crippen LogP contribution in [0.2, 0.25) is 5.02 Å². The van der Waals surface area contributed by atoms with Gasteiger partial charge in [0.1, 0.15) is 5.75 Å². The van der Waals surface area contributed by atoms with E-state index in [9.17, 15) is 0 Å². The Morgan fingerprint density at radius 2 is 2.08 bits per heavy atom. The molecular formula is C9H11ClOS. The van der Waals surface area contributed by atoms with Crippen LogP contribution in [0.15, 0.2) is 17.0 Å². The van der Waals surface area contributed by atoms with Crippen molar-refractivity contribution in [3.8, 4) is 5.75 Å². The van der Waals surface area contributed by atoms with E-state index >= 15 is 0 Å². The van der Waals surface area contributed by atoms with E-state index in [4.69, 9.17) is 16.3 Å². The second-order valence-electron chi connectivity index (χ2n) is 2.46. The Kier molecular flexibility index (Phi) is 3.29. The topological polar surface area (TPSA) is 9.23 Å². The van der Waals surface area contributed by atoms with Gasteiger partial charge in [-0.3, -0.25) is 0 Å². The maximum atomic E-state index is 5.98. The van der Waals surface area contributed by atoms with Crippen molar-refractivity contribution < 1.29 is 4.74 Å². The molecule has 0 spiro atoms. The average Bonchev–Trinajstić information content (AvgIpc) is 2.08. The lowest BCUT2D eigenvalue weighted by Crippen LogP contribution is -1.87. The van der Waals surface area contributed by atoms with E-state index in [-0.39, 0.29) is 0 Å². The number of rotatable bonds is 2. The minimum absolute atomic E-state index is 0.755. The molecule has 1 aromatic rings. The van der Waals surface area contributed by atoms with Crippen LogP contribution in [0.3, 0.4) is 0 Å². The van der Waals surface area contributed by atoms with Crippen LogP contribution in [0, 0.1) is 6.92 Å². The first-order valence-corrected chi connectivity index (χ1v) is 5.17. The molecule has 0 atom stereocenters. The van der Waals surface area contributed by atoms with Crippen LogP contribution in [-0.4, -0.2) is 13.4 Å². The van der Waals surface area contributed by atoms with Gasteiger partial charge in [-0.15, -0.1) is 11.8 Å². The number of thioether (sulfide) groups is 1. The molecule has 0 aromatic heterocycles. The number of benzene rings is 1. The van der Waals surface area contributed by atoms with E-state index in [2.05, 4.69) is 0 Å². The molecule has 0 aliphatic heterocycles. The minimum Gasteiger partial charge on any atom is -0.496 e. The zero-order valence-corrected chi connectivity index (χ0v) is 8.92. The lowest BCUT2D eigenvalue weighted by atomic mass is 10.2. The Hall–Kier alpha value is -0.340. The Morgan fingerprint density at radius 3 is 2.58 bits per heavy atom. The van der Waals surface area contributed by atoms with E-state index in [1.165, 1.54) is 0 Å². The molecule has 0 amide bonds. The fourth-order valence-electron chi connectivity index (χ4n) is 1.01. The third-order valence-electron chi connectivity index (χ3n) is 1.67. The zero-order valence-electron chi connectivity index (χ0n) is 7.35. The van der Waals surface area contributed by atoms with Gasteiger partial charge in [0.2, 0.25) is 0 Å². The van der Waals surface area contributed by atoms with Gasteiger partial charge in [-0.25, -0.2) is 0 Å².